The summed E-state index contributed by atoms with van der Waals surface area (Å²) >= 11 is 0. The topological polar surface area (TPSA) is 66.0 Å². The first-order valence-electron chi connectivity index (χ1n) is 7.55. The Bertz CT molecular complexity index is 491. The lowest BCUT2D eigenvalue weighted by Gasteiger charge is -2.22. The molecule has 0 bridgehead atoms. The molecule has 130 valence electrons. The fourth-order valence-corrected chi connectivity index (χ4v) is 2.29. The van der Waals surface area contributed by atoms with Gasteiger partial charge in [0.25, 0.3) is 0 Å². The lowest BCUT2D eigenvalue weighted by atomic mass is 10.0. The second-order valence-corrected chi connectivity index (χ2v) is 5.55. The Labute approximate surface area is 138 Å². The van der Waals surface area contributed by atoms with Crippen molar-refractivity contribution >= 4 is 5.97 Å². The zero-order chi connectivity index (χ0) is 17.4. The summed E-state index contributed by atoms with van der Waals surface area (Å²) in [5, 5.41) is 3.39. The smallest absolute Gasteiger partial charge is 0.307 e. The number of nitrogens with one attached hydrogen (secondary N) is 1. The van der Waals surface area contributed by atoms with Gasteiger partial charge in [-0.1, -0.05) is 13.8 Å². The van der Waals surface area contributed by atoms with E-state index in [0.717, 1.165) is 5.56 Å². The van der Waals surface area contributed by atoms with Crippen LogP contribution in [0.1, 0.15) is 25.8 Å². The Balaban J connectivity index is 2.88. The van der Waals surface area contributed by atoms with Crippen LogP contribution in [0.3, 0.4) is 0 Å². The second-order valence-electron chi connectivity index (χ2n) is 5.55. The average molecular weight is 325 g/mol. The molecular formula is C17H27NO5. The van der Waals surface area contributed by atoms with Crippen LogP contribution in [0.25, 0.3) is 0 Å². The molecule has 0 radical (unpaired) electrons. The molecule has 0 saturated heterocycles. The Morgan fingerprint density at radius 3 is 2.00 bits per heavy atom. The van der Waals surface area contributed by atoms with Crippen molar-refractivity contribution in [3.05, 3.63) is 17.7 Å². The van der Waals surface area contributed by atoms with Gasteiger partial charge in [-0.15, -0.1) is 0 Å². The van der Waals surface area contributed by atoms with Crippen LogP contribution in [-0.4, -0.2) is 40.5 Å². The Morgan fingerprint density at radius 1 is 1.04 bits per heavy atom. The van der Waals surface area contributed by atoms with E-state index >= 15 is 0 Å². The summed E-state index contributed by atoms with van der Waals surface area (Å²) in [5.41, 5.74) is 0.981. The van der Waals surface area contributed by atoms with Crippen LogP contribution < -0.4 is 19.5 Å². The van der Waals surface area contributed by atoms with Crippen LogP contribution in [0.15, 0.2) is 12.1 Å². The first kappa shape index (κ1) is 19.1. The number of carbonyl (C=O) groups excluding carboxylic acids is 1. The zero-order valence-corrected chi connectivity index (χ0v) is 14.8. The largest absolute Gasteiger partial charge is 0.493 e. The molecule has 0 aliphatic rings. The van der Waals surface area contributed by atoms with Gasteiger partial charge in [0.05, 0.1) is 34.9 Å². The molecule has 0 aromatic heterocycles. The minimum Gasteiger partial charge on any atom is -0.493 e. The van der Waals surface area contributed by atoms with Crippen molar-refractivity contribution in [3.63, 3.8) is 0 Å². The van der Waals surface area contributed by atoms with Gasteiger partial charge in [-0.2, -0.15) is 0 Å². The fourth-order valence-electron chi connectivity index (χ4n) is 2.29. The molecule has 1 atom stereocenters. The van der Waals surface area contributed by atoms with E-state index in [2.05, 4.69) is 19.2 Å². The van der Waals surface area contributed by atoms with Gasteiger partial charge in [-0.3, -0.25) is 4.79 Å². The highest BCUT2D eigenvalue weighted by Crippen LogP contribution is 2.38. The number of ether oxygens (including phenoxy) is 4. The molecule has 0 saturated carbocycles. The van der Waals surface area contributed by atoms with Gasteiger partial charge in [-0.25, -0.2) is 0 Å². The molecule has 0 aliphatic heterocycles. The van der Waals surface area contributed by atoms with E-state index < -0.39 is 0 Å². The molecule has 0 aliphatic carbocycles. The van der Waals surface area contributed by atoms with E-state index in [1.807, 2.05) is 12.1 Å². The minimum atomic E-state index is -0.221. The zero-order valence-electron chi connectivity index (χ0n) is 14.8. The van der Waals surface area contributed by atoms with Crippen molar-refractivity contribution in [2.24, 2.45) is 5.92 Å². The SMILES string of the molecule is COC(=O)CC(NCc1cc(OC)c(OC)c(OC)c1)C(C)C. The summed E-state index contributed by atoms with van der Waals surface area (Å²) in [5.74, 6) is 1.86. The van der Waals surface area contributed by atoms with Crippen LogP contribution in [0.5, 0.6) is 17.2 Å². The van der Waals surface area contributed by atoms with Gasteiger partial charge in [0.2, 0.25) is 5.75 Å². The van der Waals surface area contributed by atoms with Gasteiger partial charge in [0.1, 0.15) is 0 Å². The van der Waals surface area contributed by atoms with Crippen molar-refractivity contribution in [2.75, 3.05) is 28.4 Å². The van der Waals surface area contributed by atoms with Gasteiger partial charge in [-0.05, 0) is 23.6 Å². The molecule has 1 aromatic carbocycles. The minimum absolute atomic E-state index is 0.0292. The predicted molar refractivity (Wildman–Crippen MR) is 88.2 cm³/mol. The summed E-state index contributed by atoms with van der Waals surface area (Å²) < 4.78 is 20.8. The van der Waals surface area contributed by atoms with Crippen molar-refractivity contribution < 1.29 is 23.7 Å². The molecule has 6 nitrogen and oxygen atoms in total. The number of benzene rings is 1. The molecule has 1 unspecified atom stereocenters. The van der Waals surface area contributed by atoms with Crippen LogP contribution in [0.4, 0.5) is 0 Å². The molecule has 1 N–H and O–H groups in total. The first-order chi connectivity index (χ1) is 11.0. The summed E-state index contributed by atoms with van der Waals surface area (Å²) in [7, 11) is 6.15. The number of rotatable bonds is 9. The monoisotopic (exact) mass is 325 g/mol. The molecule has 0 fully saturated rings. The maximum absolute atomic E-state index is 11.5. The number of carbonyl (C=O) groups is 1. The van der Waals surface area contributed by atoms with E-state index in [-0.39, 0.29) is 12.0 Å². The molecule has 0 spiro atoms. The Morgan fingerprint density at radius 2 is 1.61 bits per heavy atom. The molecular weight excluding hydrogens is 298 g/mol. The second kappa shape index (κ2) is 9.25. The Kier molecular flexibility index (Phi) is 7.68. The molecule has 6 heteroatoms. The van der Waals surface area contributed by atoms with Crippen LogP contribution in [0, 0.1) is 5.92 Å². The lowest BCUT2D eigenvalue weighted by molar-refractivity contribution is -0.141. The third-order valence-electron chi connectivity index (χ3n) is 3.71. The van der Waals surface area contributed by atoms with E-state index in [1.54, 1.807) is 21.3 Å². The van der Waals surface area contributed by atoms with E-state index in [1.165, 1.54) is 7.11 Å². The highest BCUT2D eigenvalue weighted by molar-refractivity contribution is 5.69. The van der Waals surface area contributed by atoms with E-state index in [9.17, 15) is 4.79 Å². The lowest BCUT2D eigenvalue weighted by Crippen LogP contribution is -2.35. The number of hydrogen-bond donors (Lipinski definition) is 1. The molecule has 1 aromatic rings. The highest BCUT2D eigenvalue weighted by atomic mass is 16.5. The summed E-state index contributed by atoms with van der Waals surface area (Å²) in [4.78, 5) is 11.5. The number of methoxy groups -OCH3 is 4. The summed E-state index contributed by atoms with van der Waals surface area (Å²) in [6, 6.07) is 3.81. The number of esters is 1. The quantitative estimate of drug-likeness (QED) is 0.703. The summed E-state index contributed by atoms with van der Waals surface area (Å²) in [6.45, 7) is 4.71. The molecule has 0 amide bonds. The third kappa shape index (κ3) is 5.32. The Hall–Kier alpha value is -1.95. The predicted octanol–water partition coefficient (Wildman–Crippen LogP) is 2.39. The first-order valence-corrected chi connectivity index (χ1v) is 7.55. The standard InChI is InChI=1S/C17H27NO5/c1-11(2)13(9-16(19)22-5)18-10-12-7-14(20-3)17(23-6)15(8-12)21-4/h7-8,11,13,18H,9-10H2,1-6H3. The van der Waals surface area contributed by atoms with E-state index in [4.69, 9.17) is 18.9 Å². The maximum Gasteiger partial charge on any atom is 0.307 e. The average Bonchev–Trinajstić information content (AvgIpc) is 2.56. The van der Waals surface area contributed by atoms with Crippen LogP contribution >= 0.6 is 0 Å². The van der Waals surface area contributed by atoms with Crippen molar-refractivity contribution in [2.45, 2.75) is 32.9 Å². The van der Waals surface area contributed by atoms with Crippen molar-refractivity contribution in [1.82, 2.24) is 5.32 Å². The number of hydrogen-bond acceptors (Lipinski definition) is 6. The molecule has 0 heterocycles. The highest BCUT2D eigenvalue weighted by Gasteiger charge is 2.19. The normalized spacial score (nSPS) is 12.0. The molecule has 23 heavy (non-hydrogen) atoms. The van der Waals surface area contributed by atoms with Gasteiger partial charge in [0, 0.05) is 12.6 Å². The van der Waals surface area contributed by atoms with Gasteiger partial charge >= 0.3 is 5.97 Å². The molecule has 1 rings (SSSR count). The van der Waals surface area contributed by atoms with Crippen LogP contribution in [0.2, 0.25) is 0 Å². The third-order valence-corrected chi connectivity index (χ3v) is 3.71. The summed E-state index contributed by atoms with van der Waals surface area (Å²) in [6.07, 6.45) is 0.332. The van der Waals surface area contributed by atoms with Gasteiger partial charge < -0.3 is 24.3 Å². The fraction of sp³-hybridized carbons (Fsp3) is 0.588. The van der Waals surface area contributed by atoms with Crippen molar-refractivity contribution in [1.29, 1.82) is 0 Å². The maximum atomic E-state index is 11.5. The van der Waals surface area contributed by atoms with E-state index in [0.29, 0.717) is 36.1 Å². The van der Waals surface area contributed by atoms with Crippen molar-refractivity contribution in [3.8, 4) is 17.2 Å². The van der Waals surface area contributed by atoms with Gasteiger partial charge in [0.15, 0.2) is 11.5 Å². The van der Waals surface area contributed by atoms with Crippen LogP contribution in [-0.2, 0) is 16.1 Å².